The van der Waals surface area contributed by atoms with Crippen molar-refractivity contribution >= 4 is 24.8 Å². The first-order valence-electron chi connectivity index (χ1n) is 5.09. The highest BCUT2D eigenvalue weighted by Crippen LogP contribution is 2.16. The van der Waals surface area contributed by atoms with Gasteiger partial charge in [-0.3, -0.25) is 0 Å². The van der Waals surface area contributed by atoms with Crippen LogP contribution in [-0.4, -0.2) is 15.6 Å². The van der Waals surface area contributed by atoms with Crippen molar-refractivity contribution in [1.82, 2.24) is 9.55 Å². The van der Waals surface area contributed by atoms with Crippen molar-refractivity contribution in [2.24, 2.45) is 5.73 Å². The Morgan fingerprint density at radius 1 is 1.24 bits per heavy atom. The first-order chi connectivity index (χ1) is 7.27. The van der Waals surface area contributed by atoms with E-state index in [0.29, 0.717) is 0 Å². The number of rotatable bonds is 3. The molecule has 1 atom stereocenters. The molecule has 3 nitrogen and oxygen atoms in total. The largest absolute Gasteiger partial charge is 0.329 e. The Kier molecular flexibility index (Phi) is 6.88. The molecule has 2 rings (SSSR count). The van der Waals surface area contributed by atoms with Gasteiger partial charge in [-0.1, -0.05) is 30.3 Å². The van der Waals surface area contributed by atoms with E-state index in [1.807, 2.05) is 37.5 Å². The summed E-state index contributed by atoms with van der Waals surface area (Å²) in [4.78, 5) is 4.35. The lowest BCUT2D eigenvalue weighted by Gasteiger charge is -2.10. The highest BCUT2D eigenvalue weighted by molar-refractivity contribution is 5.85. The second kappa shape index (κ2) is 7.33. The van der Waals surface area contributed by atoms with Crippen molar-refractivity contribution in [3.05, 3.63) is 42.7 Å². The molecule has 0 saturated heterocycles. The highest BCUT2D eigenvalue weighted by atomic mass is 35.5. The molecule has 2 N–H and O–H groups in total. The maximum Gasteiger partial charge on any atom is 0.139 e. The summed E-state index contributed by atoms with van der Waals surface area (Å²) in [6.45, 7) is 2.79. The Balaban J connectivity index is 0.00000128. The van der Waals surface area contributed by atoms with Crippen LogP contribution >= 0.6 is 24.8 Å². The zero-order valence-corrected chi connectivity index (χ0v) is 11.2. The SMILES string of the molecule is CC(N)Cn1ccnc1-c1ccccc1.Cl.Cl. The normalized spacial score (nSPS) is 11.2. The third-order valence-electron chi connectivity index (χ3n) is 2.23. The summed E-state index contributed by atoms with van der Waals surface area (Å²) in [7, 11) is 0. The number of aromatic nitrogens is 2. The minimum Gasteiger partial charge on any atom is -0.329 e. The molecule has 0 aliphatic rings. The standard InChI is InChI=1S/C12H15N3.2ClH/c1-10(13)9-15-8-7-14-12(15)11-5-3-2-4-6-11;;/h2-8,10H,9,13H2,1H3;2*1H. The first-order valence-corrected chi connectivity index (χ1v) is 5.09. The van der Waals surface area contributed by atoms with E-state index in [1.54, 1.807) is 0 Å². The smallest absolute Gasteiger partial charge is 0.139 e. The molecule has 0 aliphatic heterocycles. The van der Waals surface area contributed by atoms with Gasteiger partial charge in [0, 0.05) is 30.5 Å². The minimum absolute atomic E-state index is 0. The lowest BCUT2D eigenvalue weighted by atomic mass is 10.2. The van der Waals surface area contributed by atoms with E-state index in [9.17, 15) is 0 Å². The third-order valence-corrected chi connectivity index (χ3v) is 2.23. The lowest BCUT2D eigenvalue weighted by molar-refractivity contribution is 0.594. The fourth-order valence-corrected chi connectivity index (χ4v) is 1.61. The predicted molar refractivity (Wildman–Crippen MR) is 75.8 cm³/mol. The zero-order chi connectivity index (χ0) is 10.7. The van der Waals surface area contributed by atoms with E-state index < -0.39 is 0 Å². The maximum atomic E-state index is 5.78. The van der Waals surface area contributed by atoms with Crippen LogP contribution in [-0.2, 0) is 6.54 Å². The molecule has 1 unspecified atom stereocenters. The van der Waals surface area contributed by atoms with Crippen molar-refractivity contribution in [3.63, 3.8) is 0 Å². The van der Waals surface area contributed by atoms with E-state index in [2.05, 4.69) is 21.7 Å². The van der Waals surface area contributed by atoms with Gasteiger partial charge in [-0.2, -0.15) is 0 Å². The number of benzene rings is 1. The fourth-order valence-electron chi connectivity index (χ4n) is 1.61. The van der Waals surface area contributed by atoms with E-state index >= 15 is 0 Å². The van der Waals surface area contributed by atoms with Crippen LogP contribution in [0.15, 0.2) is 42.7 Å². The molecule has 0 spiro atoms. The van der Waals surface area contributed by atoms with Gasteiger partial charge in [0.25, 0.3) is 0 Å². The molecular formula is C12H17Cl2N3. The Morgan fingerprint density at radius 2 is 1.88 bits per heavy atom. The molecule has 1 heterocycles. The highest BCUT2D eigenvalue weighted by Gasteiger charge is 2.05. The van der Waals surface area contributed by atoms with E-state index in [0.717, 1.165) is 17.9 Å². The summed E-state index contributed by atoms with van der Waals surface area (Å²) in [5.41, 5.74) is 6.91. The summed E-state index contributed by atoms with van der Waals surface area (Å²) in [5.74, 6) is 0.980. The van der Waals surface area contributed by atoms with Gasteiger partial charge in [0.15, 0.2) is 0 Å². The van der Waals surface area contributed by atoms with Gasteiger partial charge in [0.05, 0.1) is 0 Å². The second-order valence-corrected chi connectivity index (χ2v) is 3.75. The Labute approximate surface area is 114 Å². The second-order valence-electron chi connectivity index (χ2n) is 3.75. The van der Waals surface area contributed by atoms with Crippen LogP contribution in [0.2, 0.25) is 0 Å². The molecule has 1 aromatic heterocycles. The molecule has 0 radical (unpaired) electrons. The van der Waals surface area contributed by atoms with Crippen molar-refractivity contribution in [2.75, 3.05) is 0 Å². The maximum absolute atomic E-state index is 5.78. The van der Waals surface area contributed by atoms with Gasteiger partial charge in [-0.25, -0.2) is 4.98 Å². The molecule has 17 heavy (non-hydrogen) atoms. The quantitative estimate of drug-likeness (QED) is 0.935. The molecule has 0 aliphatic carbocycles. The average Bonchev–Trinajstić information content (AvgIpc) is 2.66. The van der Waals surface area contributed by atoms with Gasteiger partial charge < -0.3 is 10.3 Å². The zero-order valence-electron chi connectivity index (χ0n) is 9.61. The number of hydrogen-bond acceptors (Lipinski definition) is 2. The van der Waals surface area contributed by atoms with Crippen LogP contribution in [0.3, 0.4) is 0 Å². The summed E-state index contributed by atoms with van der Waals surface area (Å²) in [6.07, 6.45) is 3.77. The molecule has 0 saturated carbocycles. The van der Waals surface area contributed by atoms with Crippen molar-refractivity contribution in [2.45, 2.75) is 19.5 Å². The van der Waals surface area contributed by atoms with Crippen molar-refractivity contribution < 1.29 is 0 Å². The van der Waals surface area contributed by atoms with Crippen molar-refractivity contribution in [3.8, 4) is 11.4 Å². The Bertz CT molecular complexity index is 426. The van der Waals surface area contributed by atoms with Crippen LogP contribution < -0.4 is 5.73 Å². The molecule has 0 bridgehead atoms. The summed E-state index contributed by atoms with van der Waals surface area (Å²) < 4.78 is 2.08. The van der Waals surface area contributed by atoms with Gasteiger partial charge in [0.2, 0.25) is 0 Å². The topological polar surface area (TPSA) is 43.8 Å². The molecule has 2 aromatic rings. The number of nitrogens with zero attached hydrogens (tertiary/aromatic N) is 2. The van der Waals surface area contributed by atoms with Crippen LogP contribution in [0, 0.1) is 0 Å². The molecule has 0 fully saturated rings. The molecule has 94 valence electrons. The monoisotopic (exact) mass is 273 g/mol. The molecule has 1 aromatic carbocycles. The van der Waals surface area contributed by atoms with Crippen LogP contribution in [0.5, 0.6) is 0 Å². The predicted octanol–water partition coefficient (Wildman–Crippen LogP) is 2.74. The van der Waals surface area contributed by atoms with Crippen LogP contribution in [0.25, 0.3) is 11.4 Å². The van der Waals surface area contributed by atoms with E-state index in [4.69, 9.17) is 5.73 Å². The van der Waals surface area contributed by atoms with Gasteiger partial charge in [-0.15, -0.1) is 24.8 Å². The summed E-state index contributed by atoms with van der Waals surface area (Å²) in [6, 6.07) is 10.3. The third kappa shape index (κ3) is 4.04. The van der Waals surface area contributed by atoms with Gasteiger partial charge >= 0.3 is 0 Å². The summed E-state index contributed by atoms with van der Waals surface area (Å²) in [5, 5.41) is 0. The fraction of sp³-hybridized carbons (Fsp3) is 0.250. The Morgan fingerprint density at radius 3 is 2.47 bits per heavy atom. The average molecular weight is 274 g/mol. The van der Waals surface area contributed by atoms with Crippen LogP contribution in [0.4, 0.5) is 0 Å². The van der Waals surface area contributed by atoms with Gasteiger partial charge in [0.1, 0.15) is 5.82 Å². The van der Waals surface area contributed by atoms with E-state index in [-0.39, 0.29) is 30.9 Å². The molecule has 5 heteroatoms. The Hall–Kier alpha value is -1.03. The summed E-state index contributed by atoms with van der Waals surface area (Å²) >= 11 is 0. The first kappa shape index (κ1) is 16.0. The number of halogens is 2. The van der Waals surface area contributed by atoms with Crippen molar-refractivity contribution in [1.29, 1.82) is 0 Å². The minimum atomic E-state index is 0. The lowest BCUT2D eigenvalue weighted by Crippen LogP contribution is -2.22. The van der Waals surface area contributed by atoms with Crippen LogP contribution in [0.1, 0.15) is 6.92 Å². The van der Waals surface area contributed by atoms with Gasteiger partial charge in [-0.05, 0) is 6.92 Å². The number of nitrogens with two attached hydrogens (primary N) is 1. The van der Waals surface area contributed by atoms with E-state index in [1.165, 1.54) is 0 Å². The number of imidazole rings is 1. The molecular weight excluding hydrogens is 257 g/mol. The molecule has 0 amide bonds. The number of hydrogen-bond donors (Lipinski definition) is 1.